The van der Waals surface area contributed by atoms with E-state index < -0.39 is 10.8 Å². The molecule has 0 unspecified atom stereocenters. The molecule has 0 fully saturated rings. The minimum atomic E-state index is -0.665. The Hall–Kier alpha value is -2.81. The van der Waals surface area contributed by atoms with Crippen molar-refractivity contribution < 1.29 is 9.72 Å². The number of rotatable bonds is 5. The van der Waals surface area contributed by atoms with Crippen LogP contribution in [0.15, 0.2) is 30.9 Å². The Balaban J connectivity index is 2.21. The molecule has 10 heteroatoms. The van der Waals surface area contributed by atoms with E-state index in [0.29, 0.717) is 6.54 Å². The summed E-state index contributed by atoms with van der Waals surface area (Å²) >= 11 is 5.86. The molecule has 1 amide bonds. The molecule has 2 aromatic rings. The maximum atomic E-state index is 12.0. The van der Waals surface area contributed by atoms with Crippen LogP contribution in [0, 0.1) is 10.1 Å². The number of hydrogen-bond donors (Lipinski definition) is 1. The Kier molecular flexibility index (Phi) is 4.24. The van der Waals surface area contributed by atoms with Gasteiger partial charge in [0.25, 0.3) is 17.5 Å². The van der Waals surface area contributed by atoms with Crippen molar-refractivity contribution >= 4 is 29.1 Å². The highest BCUT2D eigenvalue weighted by molar-refractivity contribution is 6.34. The number of aromatic nitrogens is 4. The van der Waals surface area contributed by atoms with Crippen molar-refractivity contribution in [3.05, 3.63) is 51.6 Å². The van der Waals surface area contributed by atoms with Crippen molar-refractivity contribution in [2.75, 3.05) is 5.32 Å². The van der Waals surface area contributed by atoms with E-state index in [-0.39, 0.29) is 22.2 Å². The summed E-state index contributed by atoms with van der Waals surface area (Å²) in [6, 6.07) is 3.56. The molecule has 1 N–H and O–H groups in total. The van der Waals surface area contributed by atoms with Crippen molar-refractivity contribution in [2.24, 2.45) is 0 Å². The molecule has 0 bridgehead atoms. The molecule has 0 aliphatic heterocycles. The highest BCUT2D eigenvalue weighted by atomic mass is 35.5. The van der Waals surface area contributed by atoms with Gasteiger partial charge in [-0.1, -0.05) is 22.8 Å². The fourth-order valence-corrected chi connectivity index (χ4v) is 1.66. The first kappa shape index (κ1) is 14.6. The molecule has 1 aromatic heterocycles. The van der Waals surface area contributed by atoms with Gasteiger partial charge in [-0.25, -0.2) is 0 Å². The average Bonchev–Trinajstić information content (AvgIpc) is 2.86. The standard InChI is InChI=1S/C11H9ClN6O3/c1-2-5-17-15-11(14-16-17)13-10(19)8-6-7(18(20)21)3-4-9(8)12/h2-4,6H,1,5H2,(H,13,15,19). The van der Waals surface area contributed by atoms with Crippen LogP contribution in [-0.4, -0.2) is 31.0 Å². The van der Waals surface area contributed by atoms with Gasteiger partial charge in [-0.05, 0) is 11.3 Å². The third-order valence-corrected chi connectivity index (χ3v) is 2.71. The smallest absolute Gasteiger partial charge is 0.270 e. The van der Waals surface area contributed by atoms with E-state index in [4.69, 9.17) is 11.6 Å². The quantitative estimate of drug-likeness (QED) is 0.510. The van der Waals surface area contributed by atoms with Crippen LogP contribution in [0.2, 0.25) is 5.02 Å². The minimum absolute atomic E-state index is 0.0376. The molecule has 0 radical (unpaired) electrons. The van der Waals surface area contributed by atoms with Crippen molar-refractivity contribution in [3.63, 3.8) is 0 Å². The number of benzene rings is 1. The molecule has 1 aromatic carbocycles. The number of carbonyl (C=O) groups is 1. The van der Waals surface area contributed by atoms with Crippen LogP contribution in [-0.2, 0) is 6.54 Å². The molecule has 0 atom stereocenters. The second-order valence-electron chi connectivity index (χ2n) is 3.83. The first-order valence-electron chi connectivity index (χ1n) is 5.65. The van der Waals surface area contributed by atoms with E-state index in [9.17, 15) is 14.9 Å². The zero-order valence-corrected chi connectivity index (χ0v) is 11.3. The fourth-order valence-electron chi connectivity index (χ4n) is 1.46. The van der Waals surface area contributed by atoms with E-state index in [1.165, 1.54) is 16.9 Å². The van der Waals surface area contributed by atoms with Gasteiger partial charge in [-0.3, -0.25) is 20.2 Å². The van der Waals surface area contributed by atoms with Gasteiger partial charge in [-0.15, -0.1) is 11.7 Å². The van der Waals surface area contributed by atoms with Gasteiger partial charge in [0.2, 0.25) is 0 Å². The van der Waals surface area contributed by atoms with Gasteiger partial charge in [0.15, 0.2) is 0 Å². The number of anilines is 1. The van der Waals surface area contributed by atoms with Crippen LogP contribution in [0.3, 0.4) is 0 Å². The van der Waals surface area contributed by atoms with Crippen LogP contribution >= 0.6 is 11.6 Å². The van der Waals surface area contributed by atoms with E-state index in [1.54, 1.807) is 6.08 Å². The van der Waals surface area contributed by atoms with E-state index in [0.717, 1.165) is 6.07 Å². The first-order chi connectivity index (χ1) is 10.0. The van der Waals surface area contributed by atoms with Crippen LogP contribution in [0.1, 0.15) is 10.4 Å². The molecule has 1 heterocycles. The number of hydrogen-bond acceptors (Lipinski definition) is 6. The van der Waals surface area contributed by atoms with Gasteiger partial charge in [-0.2, -0.15) is 4.80 Å². The zero-order valence-electron chi connectivity index (χ0n) is 10.6. The maximum Gasteiger partial charge on any atom is 0.270 e. The topological polar surface area (TPSA) is 116 Å². The lowest BCUT2D eigenvalue weighted by atomic mass is 10.2. The number of nitro benzene ring substituents is 1. The van der Waals surface area contributed by atoms with Crippen molar-refractivity contribution in [1.82, 2.24) is 20.2 Å². The van der Waals surface area contributed by atoms with Gasteiger partial charge < -0.3 is 0 Å². The van der Waals surface area contributed by atoms with Crippen molar-refractivity contribution in [1.29, 1.82) is 0 Å². The number of nitrogens with zero attached hydrogens (tertiary/aromatic N) is 5. The van der Waals surface area contributed by atoms with Crippen molar-refractivity contribution in [2.45, 2.75) is 6.54 Å². The molecule has 0 spiro atoms. The molecule has 2 rings (SSSR count). The second-order valence-corrected chi connectivity index (χ2v) is 4.24. The predicted molar refractivity (Wildman–Crippen MR) is 74.1 cm³/mol. The lowest BCUT2D eigenvalue weighted by molar-refractivity contribution is -0.384. The van der Waals surface area contributed by atoms with Crippen LogP contribution in [0.4, 0.5) is 11.6 Å². The lowest BCUT2D eigenvalue weighted by Crippen LogP contribution is -2.14. The summed E-state index contributed by atoms with van der Waals surface area (Å²) in [5.74, 6) is -0.703. The number of amides is 1. The number of nitrogens with one attached hydrogen (secondary N) is 1. The fraction of sp³-hybridized carbons (Fsp3) is 0.0909. The third kappa shape index (κ3) is 3.39. The first-order valence-corrected chi connectivity index (χ1v) is 6.03. The summed E-state index contributed by atoms with van der Waals surface area (Å²) in [7, 11) is 0. The number of carbonyl (C=O) groups excluding carboxylic acids is 1. The highest BCUT2D eigenvalue weighted by Crippen LogP contribution is 2.22. The minimum Gasteiger partial charge on any atom is -0.288 e. The number of non-ortho nitro benzene ring substituents is 1. The summed E-state index contributed by atoms with van der Waals surface area (Å²) in [6.07, 6.45) is 1.56. The largest absolute Gasteiger partial charge is 0.288 e. The molecule has 0 saturated carbocycles. The molecule has 0 saturated heterocycles. The van der Waals surface area contributed by atoms with Gasteiger partial charge in [0.1, 0.15) is 0 Å². The number of halogens is 1. The molecule has 0 aliphatic carbocycles. The Morgan fingerprint density at radius 2 is 2.33 bits per heavy atom. The highest BCUT2D eigenvalue weighted by Gasteiger charge is 2.17. The third-order valence-electron chi connectivity index (χ3n) is 2.38. The van der Waals surface area contributed by atoms with Crippen LogP contribution in [0.5, 0.6) is 0 Å². The Morgan fingerprint density at radius 1 is 1.57 bits per heavy atom. The Morgan fingerprint density at radius 3 is 3.00 bits per heavy atom. The van der Waals surface area contributed by atoms with Crippen LogP contribution in [0.25, 0.3) is 0 Å². The van der Waals surface area contributed by atoms with E-state index in [1.807, 2.05) is 0 Å². The molecule has 0 aliphatic rings. The summed E-state index contributed by atoms with van der Waals surface area (Å²) in [5, 5.41) is 24.3. The summed E-state index contributed by atoms with van der Waals surface area (Å²) in [6.45, 7) is 3.85. The van der Waals surface area contributed by atoms with E-state index >= 15 is 0 Å². The zero-order chi connectivity index (χ0) is 15.4. The average molecular weight is 309 g/mol. The van der Waals surface area contributed by atoms with E-state index in [2.05, 4.69) is 27.3 Å². The summed E-state index contributed by atoms with van der Waals surface area (Å²) < 4.78 is 0. The Bertz CT molecular complexity index is 714. The molecule has 108 valence electrons. The Labute approximate surface area is 123 Å². The SMILES string of the molecule is C=CCn1nnc(NC(=O)c2cc([N+](=O)[O-])ccc2Cl)n1. The predicted octanol–water partition coefficient (Wildman–Crippen LogP) is 1.67. The molecular weight excluding hydrogens is 300 g/mol. The number of allylic oxidation sites excluding steroid dienone is 1. The molecular formula is C11H9ClN6O3. The second kappa shape index (κ2) is 6.09. The maximum absolute atomic E-state index is 12.0. The van der Waals surface area contributed by atoms with Crippen LogP contribution < -0.4 is 5.32 Å². The number of nitro groups is 1. The van der Waals surface area contributed by atoms with Gasteiger partial charge >= 0.3 is 0 Å². The lowest BCUT2D eigenvalue weighted by Gasteiger charge is -2.03. The molecule has 21 heavy (non-hydrogen) atoms. The normalized spacial score (nSPS) is 10.1. The van der Waals surface area contributed by atoms with Crippen molar-refractivity contribution in [3.8, 4) is 0 Å². The number of tetrazole rings is 1. The monoisotopic (exact) mass is 308 g/mol. The van der Waals surface area contributed by atoms with Gasteiger partial charge in [0, 0.05) is 12.1 Å². The summed E-state index contributed by atoms with van der Waals surface area (Å²) in [5.41, 5.74) is -0.293. The molecule has 9 nitrogen and oxygen atoms in total. The summed E-state index contributed by atoms with van der Waals surface area (Å²) in [4.78, 5) is 23.3. The van der Waals surface area contributed by atoms with Gasteiger partial charge in [0.05, 0.1) is 22.1 Å².